The Morgan fingerprint density at radius 1 is 0.900 bits per heavy atom. The van der Waals surface area contributed by atoms with E-state index >= 15 is 0 Å². The monoisotopic (exact) mass is 279 g/mol. The van der Waals surface area contributed by atoms with Crippen molar-refractivity contribution in [2.24, 2.45) is 35.5 Å². The van der Waals surface area contributed by atoms with Crippen molar-refractivity contribution in [2.75, 3.05) is 13.1 Å². The molecule has 2 aliphatic rings. The fraction of sp³-hybridized carbons (Fsp3) is 1.00. The lowest BCUT2D eigenvalue weighted by atomic mass is 9.62. The molecule has 0 amide bonds. The summed E-state index contributed by atoms with van der Waals surface area (Å²) in [4.78, 5) is 0. The van der Waals surface area contributed by atoms with Crippen molar-refractivity contribution in [1.82, 2.24) is 5.32 Å². The smallest absolute Gasteiger partial charge is 0.00178 e. The van der Waals surface area contributed by atoms with E-state index in [1.54, 1.807) is 0 Å². The Hall–Kier alpha value is -0.0400. The van der Waals surface area contributed by atoms with Crippen LogP contribution in [0.5, 0.6) is 0 Å². The summed E-state index contributed by atoms with van der Waals surface area (Å²) in [5, 5.41) is 3.71. The van der Waals surface area contributed by atoms with Gasteiger partial charge >= 0.3 is 0 Å². The molecule has 1 N–H and O–H groups in total. The zero-order valence-electron chi connectivity index (χ0n) is 14.3. The first-order chi connectivity index (χ1) is 9.61. The lowest BCUT2D eigenvalue weighted by Gasteiger charge is -2.44. The summed E-state index contributed by atoms with van der Waals surface area (Å²) in [6, 6.07) is 0. The second-order valence-electron chi connectivity index (χ2n) is 8.07. The predicted octanol–water partition coefficient (Wildman–Crippen LogP) is 5.11. The fourth-order valence-corrected chi connectivity index (χ4v) is 4.76. The maximum absolute atomic E-state index is 3.71. The Labute approximate surface area is 127 Å². The fourth-order valence-electron chi connectivity index (χ4n) is 4.76. The van der Waals surface area contributed by atoms with Crippen LogP contribution in [0.1, 0.15) is 72.6 Å². The van der Waals surface area contributed by atoms with E-state index in [9.17, 15) is 0 Å². The van der Waals surface area contributed by atoms with Crippen LogP contribution in [0, 0.1) is 35.5 Å². The zero-order valence-corrected chi connectivity index (χ0v) is 14.3. The van der Waals surface area contributed by atoms with Gasteiger partial charge in [0.2, 0.25) is 0 Å². The van der Waals surface area contributed by atoms with Crippen molar-refractivity contribution in [1.29, 1.82) is 0 Å². The van der Waals surface area contributed by atoms with Gasteiger partial charge in [0.25, 0.3) is 0 Å². The van der Waals surface area contributed by atoms with Crippen LogP contribution in [0.15, 0.2) is 0 Å². The van der Waals surface area contributed by atoms with Gasteiger partial charge in [0.1, 0.15) is 0 Å². The summed E-state index contributed by atoms with van der Waals surface area (Å²) < 4.78 is 0. The number of hydrogen-bond acceptors (Lipinski definition) is 1. The van der Waals surface area contributed by atoms with Crippen LogP contribution in [0.25, 0.3) is 0 Å². The van der Waals surface area contributed by atoms with Gasteiger partial charge in [0, 0.05) is 0 Å². The maximum Gasteiger partial charge on any atom is -0.00178 e. The standard InChI is InChI=1S/C19H37N/c1-5-10-20-13-18-8-6-14(2)11-19(18)17-9-7-15(3)16(4)12-17/h14-20H,5-13H2,1-4H3. The van der Waals surface area contributed by atoms with E-state index in [1.165, 1.54) is 58.0 Å². The third kappa shape index (κ3) is 4.23. The lowest BCUT2D eigenvalue weighted by Crippen LogP contribution is -2.39. The highest BCUT2D eigenvalue weighted by Crippen LogP contribution is 2.45. The largest absolute Gasteiger partial charge is 0.316 e. The number of rotatable bonds is 5. The third-order valence-corrected chi connectivity index (χ3v) is 6.39. The van der Waals surface area contributed by atoms with Gasteiger partial charge in [-0.15, -0.1) is 0 Å². The van der Waals surface area contributed by atoms with Crippen LogP contribution in [0.3, 0.4) is 0 Å². The Kier molecular flexibility index (Phi) is 6.39. The minimum Gasteiger partial charge on any atom is -0.316 e. The van der Waals surface area contributed by atoms with Crippen LogP contribution in [-0.2, 0) is 0 Å². The Bertz CT molecular complexity index is 275. The first-order valence-electron chi connectivity index (χ1n) is 9.32. The van der Waals surface area contributed by atoms with Gasteiger partial charge in [-0.1, -0.05) is 40.5 Å². The van der Waals surface area contributed by atoms with Crippen molar-refractivity contribution in [3.63, 3.8) is 0 Å². The van der Waals surface area contributed by atoms with E-state index in [0.29, 0.717) is 0 Å². The highest BCUT2D eigenvalue weighted by atomic mass is 14.9. The average Bonchev–Trinajstić information content (AvgIpc) is 2.44. The number of hydrogen-bond donors (Lipinski definition) is 1. The topological polar surface area (TPSA) is 12.0 Å². The maximum atomic E-state index is 3.71. The van der Waals surface area contributed by atoms with E-state index in [2.05, 4.69) is 33.0 Å². The lowest BCUT2D eigenvalue weighted by molar-refractivity contribution is 0.0704. The molecule has 20 heavy (non-hydrogen) atoms. The van der Waals surface area contributed by atoms with Crippen LogP contribution >= 0.6 is 0 Å². The minimum absolute atomic E-state index is 0.954. The molecule has 0 saturated heterocycles. The molecule has 6 atom stereocenters. The van der Waals surface area contributed by atoms with Gasteiger partial charge in [-0.2, -0.15) is 0 Å². The first-order valence-corrected chi connectivity index (χ1v) is 9.32. The summed E-state index contributed by atoms with van der Waals surface area (Å²) in [5.74, 6) is 5.88. The SMILES string of the molecule is CCCNCC1CCC(C)CC1C1CCC(C)C(C)C1. The van der Waals surface area contributed by atoms with Crippen molar-refractivity contribution in [2.45, 2.75) is 72.6 Å². The highest BCUT2D eigenvalue weighted by Gasteiger charge is 2.37. The Balaban J connectivity index is 1.93. The normalized spacial score (nSPS) is 42.6. The molecule has 0 radical (unpaired) electrons. The van der Waals surface area contributed by atoms with Gasteiger partial charge < -0.3 is 5.32 Å². The molecule has 1 heteroatoms. The zero-order chi connectivity index (χ0) is 14.5. The van der Waals surface area contributed by atoms with Crippen molar-refractivity contribution in [3.8, 4) is 0 Å². The molecule has 0 bridgehead atoms. The van der Waals surface area contributed by atoms with Gasteiger partial charge in [0.05, 0.1) is 0 Å². The quantitative estimate of drug-likeness (QED) is 0.689. The van der Waals surface area contributed by atoms with Crippen molar-refractivity contribution >= 4 is 0 Å². The molecule has 6 unspecified atom stereocenters. The molecule has 2 aliphatic carbocycles. The van der Waals surface area contributed by atoms with E-state index in [0.717, 1.165) is 35.5 Å². The summed E-state index contributed by atoms with van der Waals surface area (Å²) >= 11 is 0. The molecule has 2 saturated carbocycles. The molecule has 0 aromatic heterocycles. The van der Waals surface area contributed by atoms with Gasteiger partial charge in [-0.3, -0.25) is 0 Å². The molecular formula is C19H37N. The molecule has 0 heterocycles. The van der Waals surface area contributed by atoms with Crippen LogP contribution in [0.4, 0.5) is 0 Å². The summed E-state index contributed by atoms with van der Waals surface area (Å²) in [6.07, 6.45) is 10.2. The Morgan fingerprint density at radius 2 is 1.70 bits per heavy atom. The van der Waals surface area contributed by atoms with Gasteiger partial charge in [0.15, 0.2) is 0 Å². The molecule has 0 aromatic rings. The molecule has 0 aromatic carbocycles. The molecular weight excluding hydrogens is 242 g/mol. The van der Waals surface area contributed by atoms with E-state index in [4.69, 9.17) is 0 Å². The van der Waals surface area contributed by atoms with Crippen molar-refractivity contribution in [3.05, 3.63) is 0 Å². The minimum atomic E-state index is 0.954. The molecule has 0 spiro atoms. The molecule has 2 fully saturated rings. The van der Waals surface area contributed by atoms with Gasteiger partial charge in [-0.25, -0.2) is 0 Å². The predicted molar refractivity (Wildman–Crippen MR) is 88.8 cm³/mol. The van der Waals surface area contributed by atoms with Crippen LogP contribution in [0.2, 0.25) is 0 Å². The Morgan fingerprint density at radius 3 is 2.40 bits per heavy atom. The van der Waals surface area contributed by atoms with Crippen molar-refractivity contribution < 1.29 is 0 Å². The second kappa shape index (κ2) is 7.82. The summed E-state index contributed by atoms with van der Waals surface area (Å²) in [6.45, 7) is 12.2. The average molecular weight is 280 g/mol. The first kappa shape index (κ1) is 16.3. The van der Waals surface area contributed by atoms with Crippen LogP contribution in [-0.4, -0.2) is 13.1 Å². The van der Waals surface area contributed by atoms with Gasteiger partial charge in [-0.05, 0) is 80.7 Å². The third-order valence-electron chi connectivity index (χ3n) is 6.39. The second-order valence-corrected chi connectivity index (χ2v) is 8.07. The van der Waals surface area contributed by atoms with E-state index < -0.39 is 0 Å². The summed E-state index contributed by atoms with van der Waals surface area (Å²) in [5.41, 5.74) is 0. The molecule has 1 nitrogen and oxygen atoms in total. The van der Waals surface area contributed by atoms with E-state index in [1.807, 2.05) is 0 Å². The molecule has 118 valence electrons. The number of nitrogens with one attached hydrogen (secondary N) is 1. The molecule has 2 rings (SSSR count). The highest BCUT2D eigenvalue weighted by molar-refractivity contribution is 4.88. The molecule has 0 aliphatic heterocycles. The summed E-state index contributed by atoms with van der Waals surface area (Å²) in [7, 11) is 0. The van der Waals surface area contributed by atoms with Crippen LogP contribution < -0.4 is 5.32 Å². The van der Waals surface area contributed by atoms with E-state index in [-0.39, 0.29) is 0 Å².